The summed E-state index contributed by atoms with van der Waals surface area (Å²) < 4.78 is 34.2. The highest BCUT2D eigenvalue weighted by atomic mass is 16.6. The van der Waals surface area contributed by atoms with E-state index in [2.05, 4.69) is 10.9 Å². The molecule has 0 aliphatic carbocycles. The van der Waals surface area contributed by atoms with E-state index in [-0.39, 0.29) is 39.0 Å². The monoisotopic (exact) mass is 1020 g/mol. The van der Waals surface area contributed by atoms with Gasteiger partial charge in [-0.05, 0) is 161 Å². The minimum Gasteiger partial charge on any atom is -0.486 e. The summed E-state index contributed by atoms with van der Waals surface area (Å²) in [5.41, 5.74) is 4.39. The molecular formula is C54H93N5O13. The predicted octanol–water partition coefficient (Wildman–Crippen LogP) is 8.01. The third kappa shape index (κ3) is 30.3. The Morgan fingerprint density at radius 1 is 0.514 bits per heavy atom. The largest absolute Gasteiger partial charge is 0.486 e. The van der Waals surface area contributed by atoms with Crippen molar-refractivity contribution in [1.29, 1.82) is 0 Å². The molecule has 1 aromatic carbocycles. The van der Waals surface area contributed by atoms with Gasteiger partial charge >= 0.3 is 30.0 Å². The molecule has 0 heterocycles. The number of Topliss-reactive ketones (excluding diaryl/α,β-unsaturated/α-hetero) is 1. The molecule has 1 rings (SSSR count). The molecule has 0 aliphatic rings. The first-order valence-electron chi connectivity index (χ1n) is 25.7. The Bertz CT molecular complexity index is 1780. The van der Waals surface area contributed by atoms with Crippen LogP contribution < -0.4 is 21.3 Å². The van der Waals surface area contributed by atoms with Crippen molar-refractivity contribution in [1.82, 2.24) is 20.7 Å². The standard InChI is InChI=1S/C54H93N5O13/c1-49(2,3)68-43(61)35-58(36-44(62)69-50(4,5)6)33-27-24-28-40(34-59(37-45(63)70-51(7,8)9)38-46(64)71-52(10,11)12)54(31-25-19-17-16-18-20-26-32-55,42(60)39-67-41-29-22-21-23-30-41)47(65)56-57-48(66)72-53(13,14)15/h21-23,29-30,40H,16-20,24-28,31-39,55H2,1-15H3,(H,56,65)(H,57,66). The van der Waals surface area contributed by atoms with Crippen LogP contribution in [0.5, 0.6) is 5.75 Å². The Hall–Kier alpha value is -4.81. The van der Waals surface area contributed by atoms with Gasteiger partial charge in [0, 0.05) is 6.54 Å². The lowest BCUT2D eigenvalue weighted by Gasteiger charge is -2.41. The van der Waals surface area contributed by atoms with Crippen molar-refractivity contribution in [3.05, 3.63) is 30.3 Å². The molecule has 4 N–H and O–H groups in total. The normalized spacial score (nSPS) is 13.6. The van der Waals surface area contributed by atoms with Crippen molar-refractivity contribution in [2.45, 2.75) is 202 Å². The Kier molecular flexibility index (Phi) is 27.5. The fourth-order valence-corrected chi connectivity index (χ4v) is 7.90. The zero-order valence-electron chi connectivity index (χ0n) is 46.7. The second kappa shape index (κ2) is 30.4. The highest BCUT2D eigenvalue weighted by molar-refractivity contribution is 6.07. The third-order valence-electron chi connectivity index (χ3n) is 10.5. The van der Waals surface area contributed by atoms with Crippen LogP contribution in [-0.4, -0.2) is 132 Å². The summed E-state index contributed by atoms with van der Waals surface area (Å²) in [7, 11) is 0. The average molecular weight is 1020 g/mol. The summed E-state index contributed by atoms with van der Waals surface area (Å²) in [6.07, 6.45) is 5.49. The number of carbonyl (C=O) groups excluding carboxylic acids is 7. The van der Waals surface area contributed by atoms with Gasteiger partial charge in [-0.25, -0.2) is 10.2 Å². The molecule has 18 nitrogen and oxygen atoms in total. The van der Waals surface area contributed by atoms with Crippen LogP contribution in [0, 0.1) is 11.3 Å². The molecule has 0 aromatic heterocycles. The van der Waals surface area contributed by atoms with Gasteiger partial charge in [0.25, 0.3) is 5.91 Å². The van der Waals surface area contributed by atoms with Gasteiger partial charge in [-0.2, -0.15) is 0 Å². The molecule has 2 atom stereocenters. The minimum absolute atomic E-state index is 0.00455. The maximum absolute atomic E-state index is 15.4. The molecule has 0 aliphatic heterocycles. The summed E-state index contributed by atoms with van der Waals surface area (Å²) in [4.78, 5) is 101. The van der Waals surface area contributed by atoms with Gasteiger partial charge in [0.1, 0.15) is 45.8 Å². The van der Waals surface area contributed by atoms with Gasteiger partial charge in [0.2, 0.25) is 0 Å². The van der Waals surface area contributed by atoms with Gasteiger partial charge in [0.05, 0.1) is 26.2 Å². The molecular weight excluding hydrogens is 927 g/mol. The maximum Gasteiger partial charge on any atom is 0.426 e. The summed E-state index contributed by atoms with van der Waals surface area (Å²) >= 11 is 0. The molecule has 72 heavy (non-hydrogen) atoms. The highest BCUT2D eigenvalue weighted by Gasteiger charge is 2.52. The molecule has 0 bridgehead atoms. The molecule has 2 unspecified atom stereocenters. The van der Waals surface area contributed by atoms with Crippen molar-refractivity contribution in [2.75, 3.05) is 52.4 Å². The lowest BCUT2D eigenvalue weighted by atomic mass is 9.66. The van der Waals surface area contributed by atoms with E-state index in [1.54, 1.807) is 139 Å². The molecule has 1 aromatic rings. The molecule has 412 valence electrons. The SMILES string of the molecule is CC(C)(C)OC(=O)CN(CCCCC(CN(CC(=O)OC(C)(C)C)CC(=O)OC(C)(C)C)C(CCCCCCCCCN)(C(=O)COc1ccccc1)C(=O)NNC(=O)OC(C)(C)C)CC(=O)OC(C)(C)C. The van der Waals surface area contributed by atoms with Gasteiger partial charge in [-0.3, -0.25) is 44.0 Å². The lowest BCUT2D eigenvalue weighted by molar-refractivity contribution is -0.163. The smallest absolute Gasteiger partial charge is 0.426 e. The number of esters is 4. The van der Waals surface area contributed by atoms with Crippen LogP contribution in [0.1, 0.15) is 174 Å². The highest BCUT2D eigenvalue weighted by Crippen LogP contribution is 2.40. The zero-order chi connectivity index (χ0) is 55.0. The maximum atomic E-state index is 15.4. The van der Waals surface area contributed by atoms with Crippen LogP contribution in [0.4, 0.5) is 4.79 Å². The summed E-state index contributed by atoms with van der Waals surface area (Å²) in [5.74, 6) is -4.42. The summed E-state index contributed by atoms with van der Waals surface area (Å²) in [6.45, 7) is 24.7. The third-order valence-corrected chi connectivity index (χ3v) is 10.5. The van der Waals surface area contributed by atoms with E-state index in [1.807, 2.05) is 0 Å². The lowest BCUT2D eigenvalue weighted by Crippen LogP contribution is -2.59. The molecule has 0 saturated heterocycles. The Morgan fingerprint density at radius 3 is 1.36 bits per heavy atom. The van der Waals surface area contributed by atoms with Crippen molar-refractivity contribution in [2.24, 2.45) is 17.1 Å². The molecule has 2 amide bonds. The Labute approximate surface area is 431 Å². The number of benzene rings is 1. The molecule has 0 saturated carbocycles. The Morgan fingerprint density at radius 2 is 0.931 bits per heavy atom. The van der Waals surface area contributed by atoms with Crippen molar-refractivity contribution < 1.29 is 62.0 Å². The number of para-hydroxylation sites is 1. The fourth-order valence-electron chi connectivity index (χ4n) is 7.90. The van der Waals surface area contributed by atoms with Crippen LogP contribution in [0.25, 0.3) is 0 Å². The number of nitrogens with one attached hydrogen (secondary N) is 2. The molecule has 18 heteroatoms. The van der Waals surface area contributed by atoms with E-state index in [0.717, 1.165) is 32.1 Å². The number of unbranched alkanes of at least 4 members (excludes halogenated alkanes) is 7. The number of hydrogen-bond acceptors (Lipinski definition) is 16. The Balaban J connectivity index is 4.11. The van der Waals surface area contributed by atoms with Crippen molar-refractivity contribution in [3.8, 4) is 5.75 Å². The molecule has 0 fully saturated rings. The van der Waals surface area contributed by atoms with Crippen LogP contribution in [0.3, 0.4) is 0 Å². The first-order valence-corrected chi connectivity index (χ1v) is 25.7. The van der Waals surface area contributed by atoms with E-state index < -0.39 is 101 Å². The summed E-state index contributed by atoms with van der Waals surface area (Å²) in [6, 6.07) is 8.67. The van der Waals surface area contributed by atoms with Crippen molar-refractivity contribution in [3.63, 3.8) is 0 Å². The van der Waals surface area contributed by atoms with E-state index in [4.69, 9.17) is 34.2 Å². The van der Waals surface area contributed by atoms with Crippen LogP contribution in [-0.2, 0) is 52.5 Å². The average Bonchev–Trinajstić information content (AvgIpc) is 3.19. The van der Waals surface area contributed by atoms with Crippen LogP contribution in [0.2, 0.25) is 0 Å². The van der Waals surface area contributed by atoms with E-state index in [9.17, 15) is 24.0 Å². The number of ketones is 1. The number of hydrogen-bond donors (Lipinski definition) is 3. The number of amides is 2. The zero-order valence-corrected chi connectivity index (χ0v) is 46.7. The van der Waals surface area contributed by atoms with Crippen molar-refractivity contribution >= 4 is 41.7 Å². The fraction of sp³-hybridized carbons (Fsp3) is 0.759. The second-order valence-corrected chi connectivity index (χ2v) is 23.5. The summed E-state index contributed by atoms with van der Waals surface area (Å²) in [5, 5.41) is 0. The van der Waals surface area contributed by atoms with Crippen LogP contribution >= 0.6 is 0 Å². The predicted molar refractivity (Wildman–Crippen MR) is 276 cm³/mol. The number of hydrazine groups is 1. The van der Waals surface area contributed by atoms with E-state index in [1.165, 1.54) is 4.90 Å². The van der Waals surface area contributed by atoms with E-state index >= 15 is 9.59 Å². The molecule has 0 spiro atoms. The van der Waals surface area contributed by atoms with Gasteiger partial charge < -0.3 is 34.2 Å². The topological polar surface area (TPSA) is 231 Å². The second-order valence-electron chi connectivity index (χ2n) is 23.5. The number of nitrogens with zero attached hydrogens (tertiary/aromatic N) is 2. The van der Waals surface area contributed by atoms with Gasteiger partial charge in [-0.1, -0.05) is 63.1 Å². The quantitative estimate of drug-likeness (QED) is 0.0218. The number of nitrogens with two attached hydrogens (primary N) is 1. The molecule has 0 radical (unpaired) electrons. The number of rotatable bonds is 30. The van der Waals surface area contributed by atoms with Crippen LogP contribution in [0.15, 0.2) is 30.3 Å². The first-order chi connectivity index (χ1) is 33.1. The van der Waals surface area contributed by atoms with E-state index in [0.29, 0.717) is 38.0 Å². The van der Waals surface area contributed by atoms with Gasteiger partial charge in [0.15, 0.2) is 5.78 Å². The first kappa shape index (κ1) is 65.2. The number of ether oxygens (including phenoxy) is 6. The number of carbonyl (C=O) groups is 7. The van der Waals surface area contributed by atoms with Gasteiger partial charge in [-0.15, -0.1) is 0 Å². The minimum atomic E-state index is -1.96.